The van der Waals surface area contributed by atoms with Gasteiger partial charge >= 0.3 is 5.97 Å². The number of hydrogen-bond donors (Lipinski definition) is 0. The van der Waals surface area contributed by atoms with Crippen LogP contribution in [0.1, 0.15) is 40.2 Å². The molecule has 33 heavy (non-hydrogen) atoms. The standard InChI is InChI=1S/C24H27N3O5S/c1-17-21(18(2)27(25-17)20-9-5-4-6-10-20)16-32-24(28)19-11-12-22(31-3)23(15-19)33(29,30)26-13-7-8-14-26/h4-6,9-12,15H,7-8,13-14,16H2,1-3H3. The van der Waals surface area contributed by atoms with Gasteiger partial charge in [0.25, 0.3) is 0 Å². The molecule has 0 radical (unpaired) electrons. The molecule has 2 aromatic carbocycles. The largest absolute Gasteiger partial charge is 0.495 e. The first-order valence-electron chi connectivity index (χ1n) is 10.8. The Bertz CT molecular complexity index is 1260. The Morgan fingerprint density at radius 3 is 2.42 bits per heavy atom. The predicted octanol–water partition coefficient (Wildman–Crippen LogP) is 3.64. The van der Waals surface area contributed by atoms with Gasteiger partial charge in [-0.2, -0.15) is 9.40 Å². The van der Waals surface area contributed by atoms with Crippen molar-refractivity contribution in [1.82, 2.24) is 14.1 Å². The van der Waals surface area contributed by atoms with E-state index in [0.717, 1.165) is 35.5 Å². The van der Waals surface area contributed by atoms with Crippen molar-refractivity contribution in [3.63, 3.8) is 0 Å². The zero-order chi connectivity index (χ0) is 23.6. The fourth-order valence-electron chi connectivity index (χ4n) is 4.00. The lowest BCUT2D eigenvalue weighted by molar-refractivity contribution is 0.0471. The summed E-state index contributed by atoms with van der Waals surface area (Å²) in [5.41, 5.74) is 3.52. The van der Waals surface area contributed by atoms with Crippen LogP contribution in [0.2, 0.25) is 0 Å². The molecule has 2 heterocycles. The topological polar surface area (TPSA) is 90.7 Å². The fraction of sp³-hybridized carbons (Fsp3) is 0.333. The van der Waals surface area contributed by atoms with E-state index < -0.39 is 16.0 Å². The number of nitrogens with zero attached hydrogens (tertiary/aromatic N) is 3. The monoisotopic (exact) mass is 469 g/mol. The van der Waals surface area contributed by atoms with Crippen molar-refractivity contribution in [3.8, 4) is 11.4 Å². The molecule has 9 heteroatoms. The normalized spacial score (nSPS) is 14.4. The molecule has 1 aromatic heterocycles. The van der Waals surface area contributed by atoms with Crippen molar-refractivity contribution in [2.75, 3.05) is 20.2 Å². The maximum absolute atomic E-state index is 13.1. The van der Waals surface area contributed by atoms with Crippen LogP contribution in [0.15, 0.2) is 53.4 Å². The van der Waals surface area contributed by atoms with Gasteiger partial charge in [0.15, 0.2) is 0 Å². The molecule has 1 saturated heterocycles. The lowest BCUT2D eigenvalue weighted by Crippen LogP contribution is -2.28. The van der Waals surface area contributed by atoms with Crippen LogP contribution in [0.5, 0.6) is 5.75 Å². The van der Waals surface area contributed by atoms with Gasteiger partial charge in [-0.25, -0.2) is 17.9 Å². The Kier molecular flexibility index (Phi) is 6.53. The van der Waals surface area contributed by atoms with Crippen LogP contribution in [-0.2, 0) is 21.4 Å². The number of rotatable bonds is 7. The number of carbonyl (C=O) groups excluding carboxylic acids is 1. The molecular weight excluding hydrogens is 442 g/mol. The van der Waals surface area contributed by atoms with Gasteiger partial charge in [0.05, 0.1) is 24.1 Å². The first-order valence-corrected chi connectivity index (χ1v) is 12.2. The summed E-state index contributed by atoms with van der Waals surface area (Å²) in [6.45, 7) is 4.74. The SMILES string of the molecule is COc1ccc(C(=O)OCc2c(C)nn(-c3ccccc3)c2C)cc1S(=O)(=O)N1CCCC1. The maximum atomic E-state index is 13.1. The summed E-state index contributed by atoms with van der Waals surface area (Å²) in [4.78, 5) is 12.8. The van der Waals surface area contributed by atoms with Crippen molar-refractivity contribution in [1.29, 1.82) is 0 Å². The lowest BCUT2D eigenvalue weighted by atomic mass is 10.2. The molecular formula is C24H27N3O5S. The van der Waals surface area contributed by atoms with Gasteiger partial charge in [-0.05, 0) is 57.0 Å². The zero-order valence-electron chi connectivity index (χ0n) is 18.9. The van der Waals surface area contributed by atoms with E-state index >= 15 is 0 Å². The van der Waals surface area contributed by atoms with Crippen LogP contribution in [0.4, 0.5) is 0 Å². The summed E-state index contributed by atoms with van der Waals surface area (Å²) >= 11 is 0. The van der Waals surface area contributed by atoms with E-state index in [4.69, 9.17) is 9.47 Å². The minimum absolute atomic E-state index is 0.0226. The van der Waals surface area contributed by atoms with Crippen LogP contribution >= 0.6 is 0 Å². The fourth-order valence-corrected chi connectivity index (χ4v) is 5.70. The summed E-state index contributed by atoms with van der Waals surface area (Å²) < 4.78 is 40.2. The Morgan fingerprint density at radius 2 is 1.76 bits per heavy atom. The van der Waals surface area contributed by atoms with E-state index in [0.29, 0.717) is 13.1 Å². The second kappa shape index (κ2) is 9.36. The summed E-state index contributed by atoms with van der Waals surface area (Å²) in [5, 5.41) is 4.57. The molecule has 0 unspecified atom stereocenters. The highest BCUT2D eigenvalue weighted by Gasteiger charge is 2.31. The molecule has 0 saturated carbocycles. The number of hydrogen-bond acceptors (Lipinski definition) is 6. The van der Waals surface area contributed by atoms with Gasteiger partial charge < -0.3 is 9.47 Å². The molecule has 174 valence electrons. The van der Waals surface area contributed by atoms with Gasteiger partial charge in [0.2, 0.25) is 10.0 Å². The Morgan fingerprint density at radius 1 is 1.06 bits per heavy atom. The summed E-state index contributed by atoms with van der Waals surface area (Å²) in [7, 11) is -2.35. The molecule has 0 spiro atoms. The first kappa shape index (κ1) is 23.0. The number of esters is 1. The van der Waals surface area contributed by atoms with Gasteiger partial charge in [-0.3, -0.25) is 0 Å². The molecule has 0 amide bonds. The first-order chi connectivity index (χ1) is 15.8. The van der Waals surface area contributed by atoms with Crippen LogP contribution < -0.4 is 4.74 Å². The number of aromatic nitrogens is 2. The number of aryl methyl sites for hydroxylation is 1. The zero-order valence-corrected chi connectivity index (χ0v) is 19.8. The number of ether oxygens (including phenoxy) is 2. The third-order valence-corrected chi connectivity index (χ3v) is 7.79. The minimum atomic E-state index is -3.76. The van der Waals surface area contributed by atoms with E-state index in [-0.39, 0.29) is 22.8 Å². The van der Waals surface area contributed by atoms with E-state index in [1.165, 1.54) is 29.6 Å². The smallest absolute Gasteiger partial charge is 0.338 e. The average molecular weight is 470 g/mol. The van der Waals surface area contributed by atoms with Gasteiger partial charge in [-0.15, -0.1) is 0 Å². The van der Waals surface area contributed by atoms with Gasteiger partial charge in [0, 0.05) is 24.3 Å². The lowest BCUT2D eigenvalue weighted by Gasteiger charge is -2.18. The number of benzene rings is 2. The van der Waals surface area contributed by atoms with Crippen molar-refractivity contribution in [2.45, 2.75) is 38.2 Å². The van der Waals surface area contributed by atoms with Crippen molar-refractivity contribution >= 4 is 16.0 Å². The summed E-state index contributed by atoms with van der Waals surface area (Å²) in [5.74, 6) is -0.406. The Labute approximate surface area is 193 Å². The van der Waals surface area contributed by atoms with E-state index in [9.17, 15) is 13.2 Å². The maximum Gasteiger partial charge on any atom is 0.338 e. The quantitative estimate of drug-likeness (QED) is 0.491. The van der Waals surface area contributed by atoms with E-state index in [2.05, 4.69) is 5.10 Å². The van der Waals surface area contributed by atoms with Gasteiger partial charge in [0.1, 0.15) is 17.3 Å². The van der Waals surface area contributed by atoms with Crippen molar-refractivity contribution < 1.29 is 22.7 Å². The molecule has 0 atom stereocenters. The molecule has 1 aliphatic rings. The van der Waals surface area contributed by atoms with Gasteiger partial charge in [-0.1, -0.05) is 18.2 Å². The molecule has 1 aliphatic heterocycles. The van der Waals surface area contributed by atoms with Crippen LogP contribution in [-0.4, -0.2) is 48.7 Å². The van der Waals surface area contributed by atoms with E-state index in [1.807, 2.05) is 48.9 Å². The van der Waals surface area contributed by atoms with Crippen LogP contribution in [0, 0.1) is 13.8 Å². The molecule has 0 bridgehead atoms. The molecule has 1 fully saturated rings. The second-order valence-corrected chi connectivity index (χ2v) is 9.86. The highest BCUT2D eigenvalue weighted by atomic mass is 32.2. The summed E-state index contributed by atoms with van der Waals surface area (Å²) in [6, 6.07) is 14.0. The Balaban J connectivity index is 1.56. The number of sulfonamides is 1. The molecule has 0 aliphatic carbocycles. The molecule has 8 nitrogen and oxygen atoms in total. The molecule has 3 aromatic rings. The van der Waals surface area contributed by atoms with E-state index in [1.54, 1.807) is 0 Å². The number of carbonyl (C=O) groups is 1. The predicted molar refractivity (Wildman–Crippen MR) is 123 cm³/mol. The second-order valence-electron chi connectivity index (χ2n) is 7.95. The van der Waals surface area contributed by atoms with Crippen LogP contribution in [0.25, 0.3) is 5.69 Å². The Hall–Kier alpha value is -3.17. The van der Waals surface area contributed by atoms with Crippen molar-refractivity contribution in [3.05, 3.63) is 71.0 Å². The summed E-state index contributed by atoms with van der Waals surface area (Å²) in [6.07, 6.45) is 1.64. The minimum Gasteiger partial charge on any atom is -0.495 e. The van der Waals surface area contributed by atoms with Crippen LogP contribution in [0.3, 0.4) is 0 Å². The highest BCUT2D eigenvalue weighted by molar-refractivity contribution is 7.89. The third kappa shape index (κ3) is 4.51. The van der Waals surface area contributed by atoms with Crippen molar-refractivity contribution in [2.24, 2.45) is 0 Å². The number of para-hydroxylation sites is 1. The molecule has 4 rings (SSSR count). The number of methoxy groups -OCH3 is 1. The third-order valence-electron chi connectivity index (χ3n) is 5.87. The average Bonchev–Trinajstić information content (AvgIpc) is 3.47. The highest BCUT2D eigenvalue weighted by Crippen LogP contribution is 2.30. The molecule has 0 N–H and O–H groups in total.